The number of rotatable bonds is 3. The van der Waals surface area contributed by atoms with Crippen LogP contribution in [0, 0.1) is 23.0 Å². The third kappa shape index (κ3) is 2.19. The number of pyridine rings is 1. The van der Waals surface area contributed by atoms with E-state index in [1.807, 2.05) is 6.07 Å². The average Bonchev–Trinajstić information content (AvgIpc) is 2.98. The molecule has 24 heavy (non-hydrogen) atoms. The standard InChI is InChI=1S/C16H8F2N4O2/c17-10-2-1-8(15(20)24)13(18)12(10)14(23)9-6-22-16-11(9)7(5-19)3-4-21-16/h1-4,6H,(H2,20,24)(H,21,22). The maximum absolute atomic E-state index is 14.4. The molecule has 0 spiro atoms. The van der Waals surface area contributed by atoms with Crippen LogP contribution in [0.25, 0.3) is 11.0 Å². The van der Waals surface area contributed by atoms with Gasteiger partial charge in [0.05, 0.1) is 28.3 Å². The minimum Gasteiger partial charge on any atom is -0.366 e. The van der Waals surface area contributed by atoms with Crippen molar-refractivity contribution in [2.24, 2.45) is 5.73 Å². The van der Waals surface area contributed by atoms with E-state index in [1.54, 1.807) is 0 Å². The first kappa shape index (κ1) is 15.3. The molecule has 3 rings (SSSR count). The molecule has 1 amide bonds. The van der Waals surface area contributed by atoms with Gasteiger partial charge in [-0.3, -0.25) is 9.59 Å². The van der Waals surface area contributed by atoms with E-state index in [9.17, 15) is 18.4 Å². The Hall–Kier alpha value is -3.60. The summed E-state index contributed by atoms with van der Waals surface area (Å²) < 4.78 is 28.4. The number of hydrogen-bond acceptors (Lipinski definition) is 4. The molecule has 0 fully saturated rings. The van der Waals surface area contributed by atoms with Crippen molar-refractivity contribution in [1.82, 2.24) is 9.97 Å². The molecule has 2 heterocycles. The van der Waals surface area contributed by atoms with Gasteiger partial charge in [-0.15, -0.1) is 0 Å². The molecule has 3 aromatic rings. The van der Waals surface area contributed by atoms with E-state index in [1.165, 1.54) is 18.5 Å². The van der Waals surface area contributed by atoms with Gasteiger partial charge < -0.3 is 10.7 Å². The lowest BCUT2D eigenvalue weighted by atomic mass is 9.98. The van der Waals surface area contributed by atoms with Gasteiger partial charge in [0.1, 0.15) is 17.3 Å². The molecule has 0 saturated carbocycles. The molecule has 0 atom stereocenters. The summed E-state index contributed by atoms with van der Waals surface area (Å²) in [5.74, 6) is -4.63. The van der Waals surface area contributed by atoms with E-state index < -0.39 is 34.5 Å². The number of fused-ring (bicyclic) bond motifs is 1. The Labute approximate surface area is 133 Å². The number of nitrogens with two attached hydrogens (primary N) is 1. The van der Waals surface area contributed by atoms with Crippen molar-refractivity contribution in [3.8, 4) is 6.07 Å². The van der Waals surface area contributed by atoms with Crippen LogP contribution >= 0.6 is 0 Å². The molecule has 0 aliphatic carbocycles. The number of carbonyl (C=O) groups is 2. The lowest BCUT2D eigenvalue weighted by Crippen LogP contribution is -2.17. The third-order valence-electron chi connectivity index (χ3n) is 3.52. The maximum atomic E-state index is 14.4. The van der Waals surface area contributed by atoms with Crippen LogP contribution in [0.3, 0.4) is 0 Å². The highest BCUT2D eigenvalue weighted by molar-refractivity contribution is 6.17. The number of aromatic nitrogens is 2. The number of nitrogens with zero attached hydrogens (tertiary/aromatic N) is 2. The number of H-pyrrole nitrogens is 1. The van der Waals surface area contributed by atoms with Gasteiger partial charge in [-0.2, -0.15) is 5.26 Å². The summed E-state index contributed by atoms with van der Waals surface area (Å²) in [4.78, 5) is 30.4. The topological polar surface area (TPSA) is 113 Å². The highest BCUT2D eigenvalue weighted by Gasteiger charge is 2.26. The number of primary amides is 1. The molecule has 0 unspecified atom stereocenters. The van der Waals surface area contributed by atoms with Gasteiger partial charge in [-0.05, 0) is 18.2 Å². The number of nitrogens with one attached hydrogen (secondary N) is 1. The number of benzene rings is 1. The summed E-state index contributed by atoms with van der Waals surface area (Å²) in [6.07, 6.45) is 2.57. The molecule has 6 nitrogen and oxygen atoms in total. The van der Waals surface area contributed by atoms with Gasteiger partial charge in [-0.25, -0.2) is 13.8 Å². The predicted molar refractivity (Wildman–Crippen MR) is 79.1 cm³/mol. The normalized spacial score (nSPS) is 10.5. The number of nitriles is 1. The highest BCUT2D eigenvalue weighted by Crippen LogP contribution is 2.26. The number of ketones is 1. The van der Waals surface area contributed by atoms with Crippen LogP contribution in [0.5, 0.6) is 0 Å². The monoisotopic (exact) mass is 326 g/mol. The van der Waals surface area contributed by atoms with Crippen LogP contribution in [-0.2, 0) is 0 Å². The molecule has 1 aromatic carbocycles. The minimum atomic E-state index is -1.34. The molecular weight excluding hydrogens is 318 g/mol. The summed E-state index contributed by atoms with van der Waals surface area (Å²) in [5, 5.41) is 9.29. The Morgan fingerprint density at radius 3 is 2.62 bits per heavy atom. The van der Waals surface area contributed by atoms with Crippen molar-refractivity contribution in [2.45, 2.75) is 0 Å². The fourth-order valence-corrected chi connectivity index (χ4v) is 2.41. The number of amides is 1. The van der Waals surface area contributed by atoms with Gasteiger partial charge in [-0.1, -0.05) is 0 Å². The highest BCUT2D eigenvalue weighted by atomic mass is 19.1. The van der Waals surface area contributed by atoms with E-state index in [0.717, 1.165) is 12.1 Å². The predicted octanol–water partition coefficient (Wildman–Crippen LogP) is 2.04. The third-order valence-corrected chi connectivity index (χ3v) is 3.52. The Balaban J connectivity index is 2.27. The van der Waals surface area contributed by atoms with Crippen molar-refractivity contribution in [3.05, 3.63) is 64.5 Å². The Kier molecular flexibility index (Phi) is 3.54. The molecule has 0 radical (unpaired) electrons. The first-order chi connectivity index (χ1) is 11.5. The molecule has 8 heteroatoms. The Morgan fingerprint density at radius 2 is 1.96 bits per heavy atom. The first-order valence-corrected chi connectivity index (χ1v) is 6.64. The second-order valence-corrected chi connectivity index (χ2v) is 4.87. The zero-order chi connectivity index (χ0) is 17.4. The summed E-state index contributed by atoms with van der Waals surface area (Å²) in [6, 6.07) is 4.91. The largest absolute Gasteiger partial charge is 0.366 e. The molecule has 2 aromatic heterocycles. The van der Waals surface area contributed by atoms with E-state index >= 15 is 0 Å². The van der Waals surface area contributed by atoms with Crippen LogP contribution in [0.4, 0.5) is 8.78 Å². The van der Waals surface area contributed by atoms with Crippen molar-refractivity contribution >= 4 is 22.7 Å². The van der Waals surface area contributed by atoms with Crippen LogP contribution < -0.4 is 5.73 Å². The number of halogens is 2. The fourth-order valence-electron chi connectivity index (χ4n) is 2.41. The van der Waals surface area contributed by atoms with Gasteiger partial charge in [0.2, 0.25) is 5.78 Å². The van der Waals surface area contributed by atoms with Crippen molar-refractivity contribution in [3.63, 3.8) is 0 Å². The number of carbonyl (C=O) groups excluding carboxylic acids is 2. The van der Waals surface area contributed by atoms with E-state index in [-0.39, 0.29) is 22.2 Å². The molecular formula is C16H8F2N4O2. The van der Waals surface area contributed by atoms with Crippen LogP contribution in [0.15, 0.2) is 30.6 Å². The van der Waals surface area contributed by atoms with Gasteiger partial charge in [0, 0.05) is 17.8 Å². The maximum Gasteiger partial charge on any atom is 0.251 e. The summed E-state index contributed by atoms with van der Waals surface area (Å²) in [5.41, 5.74) is 3.72. The Bertz CT molecular complexity index is 1050. The summed E-state index contributed by atoms with van der Waals surface area (Å²) in [6.45, 7) is 0. The van der Waals surface area contributed by atoms with E-state index in [4.69, 9.17) is 11.0 Å². The van der Waals surface area contributed by atoms with E-state index in [0.29, 0.717) is 0 Å². The number of hydrogen-bond donors (Lipinski definition) is 2. The minimum absolute atomic E-state index is 0.122. The lowest BCUT2D eigenvalue weighted by molar-refractivity contribution is 0.0996. The van der Waals surface area contributed by atoms with E-state index in [2.05, 4.69) is 9.97 Å². The van der Waals surface area contributed by atoms with Crippen molar-refractivity contribution in [1.29, 1.82) is 5.26 Å². The number of aromatic amines is 1. The smallest absolute Gasteiger partial charge is 0.251 e. The van der Waals surface area contributed by atoms with Gasteiger partial charge >= 0.3 is 0 Å². The average molecular weight is 326 g/mol. The summed E-state index contributed by atoms with van der Waals surface area (Å²) >= 11 is 0. The molecule has 0 aliphatic heterocycles. The fraction of sp³-hybridized carbons (Fsp3) is 0. The second-order valence-electron chi connectivity index (χ2n) is 4.87. The first-order valence-electron chi connectivity index (χ1n) is 6.64. The SMILES string of the molecule is N#Cc1ccnc2[nH]cc(C(=O)c3c(F)ccc(C(N)=O)c3F)c12. The quantitative estimate of drug-likeness (QED) is 0.717. The lowest BCUT2D eigenvalue weighted by Gasteiger charge is -2.07. The zero-order valence-corrected chi connectivity index (χ0v) is 11.9. The zero-order valence-electron chi connectivity index (χ0n) is 11.9. The summed E-state index contributed by atoms with van der Waals surface area (Å²) in [7, 11) is 0. The van der Waals surface area contributed by atoms with Crippen LogP contribution in [0.1, 0.15) is 31.8 Å². The second kappa shape index (κ2) is 5.55. The Morgan fingerprint density at radius 1 is 1.21 bits per heavy atom. The van der Waals surface area contributed by atoms with Crippen molar-refractivity contribution < 1.29 is 18.4 Å². The van der Waals surface area contributed by atoms with Gasteiger partial charge in [0.15, 0.2) is 0 Å². The molecule has 0 aliphatic rings. The molecule has 0 bridgehead atoms. The van der Waals surface area contributed by atoms with Crippen LogP contribution in [-0.4, -0.2) is 21.7 Å². The molecule has 118 valence electrons. The molecule has 3 N–H and O–H groups in total. The van der Waals surface area contributed by atoms with Crippen LogP contribution in [0.2, 0.25) is 0 Å². The van der Waals surface area contributed by atoms with Crippen molar-refractivity contribution in [2.75, 3.05) is 0 Å². The molecule has 0 saturated heterocycles. The van der Waals surface area contributed by atoms with Gasteiger partial charge in [0.25, 0.3) is 5.91 Å².